The van der Waals surface area contributed by atoms with Crippen LogP contribution in [0.5, 0.6) is 0 Å². The van der Waals surface area contributed by atoms with Gasteiger partial charge in [0.05, 0.1) is 6.04 Å². The molecule has 0 spiro atoms. The molecule has 0 aliphatic heterocycles. The van der Waals surface area contributed by atoms with Gasteiger partial charge in [-0.25, -0.2) is 0 Å². The third kappa shape index (κ3) is 4.28. The van der Waals surface area contributed by atoms with Gasteiger partial charge in [0.25, 0.3) is 0 Å². The summed E-state index contributed by atoms with van der Waals surface area (Å²) in [5.74, 6) is -0.0693. The molecule has 1 atom stereocenters. The Labute approximate surface area is 135 Å². The highest BCUT2D eigenvalue weighted by Crippen LogP contribution is 2.18. The maximum absolute atomic E-state index is 12.1. The molecule has 1 aromatic carbocycles. The lowest BCUT2D eigenvalue weighted by Crippen LogP contribution is -2.26. The van der Waals surface area contributed by atoms with Crippen LogP contribution in [0.2, 0.25) is 0 Å². The summed E-state index contributed by atoms with van der Waals surface area (Å²) in [7, 11) is 0. The van der Waals surface area contributed by atoms with E-state index in [1.165, 1.54) is 5.56 Å². The van der Waals surface area contributed by atoms with Crippen LogP contribution in [0.15, 0.2) is 35.7 Å². The topological polar surface area (TPSA) is 46.2 Å². The fourth-order valence-corrected chi connectivity index (χ4v) is 2.94. The highest BCUT2D eigenvalue weighted by Gasteiger charge is 2.13. The number of carbonyl (C=O) groups is 2. The van der Waals surface area contributed by atoms with Gasteiger partial charge in [-0.2, -0.15) is 0 Å². The molecule has 0 aliphatic rings. The van der Waals surface area contributed by atoms with Gasteiger partial charge >= 0.3 is 0 Å². The van der Waals surface area contributed by atoms with Crippen molar-refractivity contribution in [2.75, 3.05) is 0 Å². The van der Waals surface area contributed by atoms with Gasteiger partial charge in [-0.15, -0.1) is 11.3 Å². The zero-order valence-corrected chi connectivity index (χ0v) is 14.0. The normalized spacial score (nSPS) is 12.0. The Balaban J connectivity index is 1.85. The number of rotatable bonds is 6. The van der Waals surface area contributed by atoms with Gasteiger partial charge in [0, 0.05) is 23.3 Å². The minimum Gasteiger partial charge on any atom is -0.349 e. The van der Waals surface area contributed by atoms with Gasteiger partial charge in [-0.05, 0) is 49.4 Å². The summed E-state index contributed by atoms with van der Waals surface area (Å²) in [5.41, 5.74) is 2.95. The van der Waals surface area contributed by atoms with Crippen LogP contribution in [0.3, 0.4) is 0 Å². The Morgan fingerprint density at radius 1 is 1.14 bits per heavy atom. The van der Waals surface area contributed by atoms with Gasteiger partial charge in [0.1, 0.15) is 0 Å². The number of hydrogen-bond acceptors (Lipinski definition) is 3. The summed E-state index contributed by atoms with van der Waals surface area (Å²) in [6.07, 6.45) is 0.465. The van der Waals surface area contributed by atoms with Crippen molar-refractivity contribution >= 4 is 23.0 Å². The molecule has 0 aliphatic carbocycles. The largest absolute Gasteiger partial charge is 0.349 e. The van der Waals surface area contributed by atoms with E-state index in [9.17, 15) is 9.59 Å². The maximum atomic E-state index is 12.1. The standard InChI is InChI=1S/C18H21NO2S/c1-12-6-7-15(11-13(12)2)16(20)8-9-18(21)19-14(3)17-5-4-10-22-17/h4-7,10-11,14H,8-9H2,1-3H3,(H,19,21)/t14-/m0/s1. The number of aryl methyl sites for hydroxylation is 2. The second-order valence-electron chi connectivity index (χ2n) is 5.53. The van der Waals surface area contributed by atoms with E-state index in [0.29, 0.717) is 5.56 Å². The summed E-state index contributed by atoms with van der Waals surface area (Å²) in [5, 5.41) is 4.92. The first kappa shape index (κ1) is 16.4. The SMILES string of the molecule is Cc1ccc(C(=O)CCC(=O)N[C@@H](C)c2cccs2)cc1C. The third-order valence-corrected chi connectivity index (χ3v) is 4.81. The van der Waals surface area contributed by atoms with Crippen LogP contribution in [0.25, 0.3) is 0 Å². The van der Waals surface area contributed by atoms with Crippen LogP contribution in [0.1, 0.15) is 52.2 Å². The van der Waals surface area contributed by atoms with Crippen LogP contribution in [0, 0.1) is 13.8 Å². The number of benzene rings is 1. The highest BCUT2D eigenvalue weighted by atomic mass is 32.1. The molecule has 0 saturated carbocycles. The summed E-state index contributed by atoms with van der Waals surface area (Å²) < 4.78 is 0. The maximum Gasteiger partial charge on any atom is 0.220 e. The van der Waals surface area contributed by atoms with E-state index < -0.39 is 0 Å². The summed E-state index contributed by atoms with van der Waals surface area (Å²) >= 11 is 1.62. The Kier molecular flexibility index (Phi) is 5.50. The second kappa shape index (κ2) is 7.36. The lowest BCUT2D eigenvalue weighted by atomic mass is 10.0. The number of nitrogens with one attached hydrogen (secondary N) is 1. The van der Waals surface area contributed by atoms with Crippen LogP contribution >= 0.6 is 11.3 Å². The van der Waals surface area contributed by atoms with E-state index in [1.807, 2.05) is 56.5 Å². The molecule has 4 heteroatoms. The summed E-state index contributed by atoms with van der Waals surface area (Å²) in [4.78, 5) is 25.2. The van der Waals surface area contributed by atoms with Gasteiger partial charge < -0.3 is 5.32 Å². The van der Waals surface area contributed by atoms with Crippen molar-refractivity contribution in [3.05, 3.63) is 57.3 Å². The Bertz CT molecular complexity index is 662. The van der Waals surface area contributed by atoms with Crippen LogP contribution in [0.4, 0.5) is 0 Å². The summed E-state index contributed by atoms with van der Waals surface area (Å²) in [6, 6.07) is 9.62. The minimum absolute atomic E-state index is 0.00998. The van der Waals surface area contributed by atoms with Gasteiger partial charge in [-0.3, -0.25) is 9.59 Å². The molecule has 0 saturated heterocycles. The first-order valence-corrected chi connectivity index (χ1v) is 8.28. The van der Waals surface area contributed by atoms with E-state index in [0.717, 1.165) is 10.4 Å². The second-order valence-corrected chi connectivity index (χ2v) is 6.51. The van der Waals surface area contributed by atoms with Gasteiger partial charge in [0.15, 0.2) is 5.78 Å². The molecular formula is C18H21NO2S. The van der Waals surface area contributed by atoms with E-state index in [2.05, 4.69) is 5.32 Å². The van der Waals surface area contributed by atoms with Crippen LogP contribution in [-0.2, 0) is 4.79 Å². The predicted octanol–water partition coefficient (Wildman–Crippen LogP) is 4.21. The number of carbonyl (C=O) groups excluding carboxylic acids is 2. The van der Waals surface area contributed by atoms with Crippen molar-refractivity contribution in [1.82, 2.24) is 5.32 Å². The summed E-state index contributed by atoms with van der Waals surface area (Å²) in [6.45, 7) is 5.96. The molecule has 2 aromatic rings. The molecule has 0 unspecified atom stereocenters. The molecule has 0 fully saturated rings. The number of ketones is 1. The minimum atomic E-state index is -0.0851. The number of Topliss-reactive ketones (excluding diaryl/α,β-unsaturated/α-hetero) is 1. The van der Waals surface area contributed by atoms with E-state index in [1.54, 1.807) is 11.3 Å². The first-order valence-electron chi connectivity index (χ1n) is 7.40. The predicted molar refractivity (Wildman–Crippen MR) is 90.4 cm³/mol. The highest BCUT2D eigenvalue weighted by molar-refractivity contribution is 7.10. The Morgan fingerprint density at radius 3 is 2.55 bits per heavy atom. The van der Waals surface area contributed by atoms with Crippen molar-refractivity contribution in [1.29, 1.82) is 0 Å². The van der Waals surface area contributed by atoms with Crippen molar-refractivity contribution < 1.29 is 9.59 Å². The van der Waals surface area contributed by atoms with Crippen molar-refractivity contribution in [3.8, 4) is 0 Å². The Hall–Kier alpha value is -1.94. The van der Waals surface area contributed by atoms with Gasteiger partial charge in [0.2, 0.25) is 5.91 Å². The van der Waals surface area contributed by atoms with E-state index in [4.69, 9.17) is 0 Å². The smallest absolute Gasteiger partial charge is 0.220 e. The van der Waals surface area contributed by atoms with Crippen LogP contribution in [-0.4, -0.2) is 11.7 Å². The molecule has 22 heavy (non-hydrogen) atoms. The van der Waals surface area contributed by atoms with Crippen molar-refractivity contribution in [2.24, 2.45) is 0 Å². The fraction of sp³-hybridized carbons (Fsp3) is 0.333. The molecule has 1 heterocycles. The lowest BCUT2D eigenvalue weighted by molar-refractivity contribution is -0.121. The molecule has 2 rings (SSSR count). The van der Waals surface area contributed by atoms with Crippen molar-refractivity contribution in [2.45, 2.75) is 39.7 Å². The molecular weight excluding hydrogens is 294 g/mol. The molecule has 1 amide bonds. The van der Waals surface area contributed by atoms with Gasteiger partial charge in [-0.1, -0.05) is 18.2 Å². The quantitative estimate of drug-likeness (QED) is 0.812. The third-order valence-electron chi connectivity index (χ3n) is 3.76. The average Bonchev–Trinajstić information content (AvgIpc) is 3.02. The first-order chi connectivity index (χ1) is 10.5. The van der Waals surface area contributed by atoms with Crippen molar-refractivity contribution in [3.63, 3.8) is 0 Å². The molecule has 0 radical (unpaired) electrons. The number of hydrogen-bond donors (Lipinski definition) is 1. The molecule has 116 valence electrons. The molecule has 3 nitrogen and oxygen atoms in total. The molecule has 0 bridgehead atoms. The van der Waals surface area contributed by atoms with Crippen LogP contribution < -0.4 is 5.32 Å². The lowest BCUT2D eigenvalue weighted by Gasteiger charge is -2.12. The Morgan fingerprint density at radius 2 is 1.91 bits per heavy atom. The average molecular weight is 315 g/mol. The zero-order chi connectivity index (χ0) is 16.1. The zero-order valence-electron chi connectivity index (χ0n) is 13.2. The van der Waals surface area contributed by atoms with E-state index >= 15 is 0 Å². The monoisotopic (exact) mass is 315 g/mol. The molecule has 1 N–H and O–H groups in total. The van der Waals surface area contributed by atoms with E-state index in [-0.39, 0.29) is 30.6 Å². The number of thiophene rings is 1. The number of amides is 1. The molecule has 1 aromatic heterocycles. The fourth-order valence-electron chi connectivity index (χ4n) is 2.21.